The van der Waals surface area contributed by atoms with Gasteiger partial charge in [0.2, 0.25) is 0 Å². The van der Waals surface area contributed by atoms with Gasteiger partial charge >= 0.3 is 6.03 Å². The topological polar surface area (TPSA) is 64.0 Å². The largest absolute Gasteiger partial charge is 0.508 e. The molecule has 2 N–H and O–H groups in total. The van der Waals surface area contributed by atoms with Crippen molar-refractivity contribution in [3.8, 4) is 5.75 Å². The Morgan fingerprint density at radius 3 is 2.06 bits per heavy atom. The lowest BCUT2D eigenvalue weighted by atomic mass is 9.93. The number of aromatic hydroxyl groups is 1. The first-order chi connectivity index (χ1) is 15.3. The number of benzene rings is 3. The molecule has 1 heterocycles. The van der Waals surface area contributed by atoms with E-state index in [1.165, 1.54) is 24.3 Å². The van der Waals surface area contributed by atoms with Gasteiger partial charge in [0, 0.05) is 12.7 Å². The fraction of sp³-hybridized carbons (Fsp3) is 0.240. The smallest absolute Gasteiger partial charge is 0.325 e. The van der Waals surface area contributed by atoms with Crippen LogP contribution in [-0.4, -0.2) is 34.2 Å². The van der Waals surface area contributed by atoms with Gasteiger partial charge in [0.25, 0.3) is 0 Å². The number of urea groups is 1. The zero-order valence-corrected chi connectivity index (χ0v) is 17.5. The van der Waals surface area contributed by atoms with E-state index in [9.17, 15) is 23.8 Å². The fourth-order valence-corrected chi connectivity index (χ4v) is 4.26. The lowest BCUT2D eigenvalue weighted by Gasteiger charge is -2.28. The number of anilines is 1. The molecule has 3 atom stereocenters. The van der Waals surface area contributed by atoms with Gasteiger partial charge in [-0.25, -0.2) is 13.6 Å². The van der Waals surface area contributed by atoms with Crippen molar-refractivity contribution in [2.45, 2.75) is 31.0 Å². The summed E-state index contributed by atoms with van der Waals surface area (Å²) in [5.41, 5.74) is 1.98. The molecule has 7 heteroatoms. The molecule has 1 saturated heterocycles. The van der Waals surface area contributed by atoms with Gasteiger partial charge in [-0.3, -0.25) is 4.90 Å². The molecule has 3 aromatic carbocycles. The SMILES string of the molecule is CN1C(=O)N(c2ccc(F)cc2)C(c2ccc(O)cc2)C1CCC(O)c1ccc(F)cc1. The van der Waals surface area contributed by atoms with Crippen molar-refractivity contribution >= 4 is 11.7 Å². The number of rotatable bonds is 6. The molecule has 4 rings (SSSR count). The molecule has 3 unspecified atom stereocenters. The number of phenolic OH excluding ortho intramolecular Hbond substituents is 1. The van der Waals surface area contributed by atoms with E-state index in [0.29, 0.717) is 24.1 Å². The fourth-order valence-electron chi connectivity index (χ4n) is 4.26. The molecule has 5 nitrogen and oxygen atoms in total. The van der Waals surface area contributed by atoms with Gasteiger partial charge < -0.3 is 15.1 Å². The van der Waals surface area contributed by atoms with Gasteiger partial charge in [0.05, 0.1) is 18.2 Å². The van der Waals surface area contributed by atoms with Crippen LogP contribution in [0.3, 0.4) is 0 Å². The number of likely N-dealkylation sites (N-methyl/N-ethyl adjacent to an activating group) is 1. The average Bonchev–Trinajstić information content (AvgIpc) is 3.04. The summed E-state index contributed by atoms with van der Waals surface area (Å²) in [6.45, 7) is 0. The van der Waals surface area contributed by atoms with Crippen molar-refractivity contribution in [2.24, 2.45) is 0 Å². The van der Waals surface area contributed by atoms with Crippen LogP contribution in [0.2, 0.25) is 0 Å². The summed E-state index contributed by atoms with van der Waals surface area (Å²) in [6, 6.07) is 17.1. The molecule has 2 amide bonds. The summed E-state index contributed by atoms with van der Waals surface area (Å²) in [7, 11) is 1.70. The monoisotopic (exact) mass is 438 g/mol. The number of amides is 2. The maximum absolute atomic E-state index is 13.5. The summed E-state index contributed by atoms with van der Waals surface area (Å²) < 4.78 is 26.7. The van der Waals surface area contributed by atoms with Crippen LogP contribution < -0.4 is 4.90 Å². The van der Waals surface area contributed by atoms with Gasteiger partial charge in [-0.05, 0) is 72.5 Å². The van der Waals surface area contributed by atoms with Crippen molar-refractivity contribution in [1.29, 1.82) is 0 Å². The maximum Gasteiger partial charge on any atom is 0.325 e. The highest BCUT2D eigenvalue weighted by molar-refractivity contribution is 5.95. The lowest BCUT2D eigenvalue weighted by molar-refractivity contribution is 0.149. The third-order valence-corrected chi connectivity index (χ3v) is 5.98. The second-order valence-corrected chi connectivity index (χ2v) is 7.99. The zero-order valence-electron chi connectivity index (χ0n) is 17.5. The minimum atomic E-state index is -0.806. The van der Waals surface area contributed by atoms with E-state index in [4.69, 9.17) is 0 Å². The Labute approximate surface area is 185 Å². The minimum Gasteiger partial charge on any atom is -0.508 e. The lowest BCUT2D eigenvalue weighted by Crippen LogP contribution is -2.31. The Kier molecular flexibility index (Phi) is 6.10. The van der Waals surface area contributed by atoms with Crippen LogP contribution in [0, 0.1) is 11.6 Å². The third kappa shape index (κ3) is 4.29. The van der Waals surface area contributed by atoms with E-state index in [0.717, 1.165) is 5.56 Å². The Balaban J connectivity index is 1.64. The van der Waals surface area contributed by atoms with Crippen LogP contribution in [0.1, 0.15) is 36.1 Å². The highest BCUT2D eigenvalue weighted by Crippen LogP contribution is 2.41. The van der Waals surface area contributed by atoms with E-state index in [1.807, 2.05) is 0 Å². The second kappa shape index (κ2) is 8.96. The number of phenols is 1. The van der Waals surface area contributed by atoms with Crippen LogP contribution >= 0.6 is 0 Å². The number of carbonyl (C=O) groups is 1. The van der Waals surface area contributed by atoms with Crippen molar-refractivity contribution < 1.29 is 23.8 Å². The van der Waals surface area contributed by atoms with Gasteiger partial charge in [-0.1, -0.05) is 24.3 Å². The molecular weight excluding hydrogens is 414 g/mol. The number of halogens is 2. The Morgan fingerprint density at radius 2 is 1.47 bits per heavy atom. The van der Waals surface area contributed by atoms with Gasteiger partial charge in [0.1, 0.15) is 17.4 Å². The van der Waals surface area contributed by atoms with Crippen molar-refractivity contribution in [2.75, 3.05) is 11.9 Å². The van der Waals surface area contributed by atoms with Crippen LogP contribution in [0.5, 0.6) is 5.75 Å². The number of aliphatic hydroxyl groups excluding tert-OH is 1. The standard InChI is InChI=1S/C25H24F2N2O3/c1-28-22(14-15-23(31)16-2-6-18(26)7-3-16)24(17-4-12-21(30)13-5-17)29(25(28)32)20-10-8-19(27)9-11-20/h2-13,22-24,30-31H,14-15H2,1H3. The summed E-state index contributed by atoms with van der Waals surface area (Å²) in [6.07, 6.45) is 0.0310. The van der Waals surface area contributed by atoms with E-state index in [1.54, 1.807) is 65.4 Å². The first-order valence-electron chi connectivity index (χ1n) is 10.4. The molecule has 3 aromatic rings. The normalized spacial score (nSPS) is 19.4. The maximum atomic E-state index is 13.5. The first-order valence-corrected chi connectivity index (χ1v) is 10.4. The quantitative estimate of drug-likeness (QED) is 0.558. The molecule has 0 aliphatic carbocycles. The molecule has 32 heavy (non-hydrogen) atoms. The number of carbonyl (C=O) groups excluding carboxylic acids is 1. The number of hydrogen-bond acceptors (Lipinski definition) is 3. The van der Waals surface area contributed by atoms with Crippen LogP contribution in [0.15, 0.2) is 72.8 Å². The molecule has 0 spiro atoms. The summed E-state index contributed by atoms with van der Waals surface area (Å²) >= 11 is 0. The molecule has 1 aliphatic heterocycles. The third-order valence-electron chi connectivity index (χ3n) is 5.98. The molecular formula is C25H24F2N2O3. The predicted octanol–water partition coefficient (Wildman–Crippen LogP) is 5.17. The Hall–Kier alpha value is -3.45. The molecule has 1 aliphatic rings. The summed E-state index contributed by atoms with van der Waals surface area (Å²) in [5, 5.41) is 20.3. The molecule has 0 aromatic heterocycles. The summed E-state index contributed by atoms with van der Waals surface area (Å²) in [4.78, 5) is 16.4. The number of hydrogen-bond donors (Lipinski definition) is 2. The van der Waals surface area contributed by atoms with E-state index in [2.05, 4.69) is 0 Å². The van der Waals surface area contributed by atoms with Crippen LogP contribution in [0.25, 0.3) is 0 Å². The number of aliphatic hydroxyl groups is 1. The molecule has 0 saturated carbocycles. The molecule has 0 radical (unpaired) electrons. The average molecular weight is 438 g/mol. The van der Waals surface area contributed by atoms with Gasteiger partial charge in [-0.2, -0.15) is 0 Å². The van der Waals surface area contributed by atoms with Crippen molar-refractivity contribution in [3.05, 3.63) is 95.6 Å². The van der Waals surface area contributed by atoms with E-state index >= 15 is 0 Å². The molecule has 1 fully saturated rings. The first kappa shape index (κ1) is 21.8. The Morgan fingerprint density at radius 1 is 0.906 bits per heavy atom. The minimum absolute atomic E-state index is 0.114. The van der Waals surface area contributed by atoms with E-state index in [-0.39, 0.29) is 23.6 Å². The second-order valence-electron chi connectivity index (χ2n) is 7.99. The van der Waals surface area contributed by atoms with Crippen LogP contribution in [0.4, 0.5) is 19.3 Å². The predicted molar refractivity (Wildman–Crippen MR) is 117 cm³/mol. The molecule has 166 valence electrons. The van der Waals surface area contributed by atoms with Crippen molar-refractivity contribution in [3.63, 3.8) is 0 Å². The highest BCUT2D eigenvalue weighted by Gasteiger charge is 2.45. The molecule has 0 bridgehead atoms. The summed E-state index contributed by atoms with van der Waals surface area (Å²) in [5.74, 6) is -0.652. The Bertz CT molecular complexity index is 1070. The van der Waals surface area contributed by atoms with E-state index < -0.39 is 18.0 Å². The van der Waals surface area contributed by atoms with Crippen molar-refractivity contribution in [1.82, 2.24) is 4.90 Å². The van der Waals surface area contributed by atoms with Crippen LogP contribution in [-0.2, 0) is 0 Å². The van der Waals surface area contributed by atoms with Gasteiger partial charge in [0.15, 0.2) is 0 Å². The van der Waals surface area contributed by atoms with Gasteiger partial charge in [-0.15, -0.1) is 0 Å². The zero-order chi connectivity index (χ0) is 22.8. The number of nitrogens with zero attached hydrogens (tertiary/aromatic N) is 2. The highest BCUT2D eigenvalue weighted by atomic mass is 19.1.